The Hall–Kier alpha value is -3.78. The third-order valence-corrected chi connectivity index (χ3v) is 7.14. The molecule has 0 spiro atoms. The van der Waals surface area contributed by atoms with E-state index < -0.39 is 0 Å². The van der Waals surface area contributed by atoms with E-state index in [0.717, 1.165) is 34.4 Å². The zero-order valence-electron chi connectivity index (χ0n) is 19.5. The van der Waals surface area contributed by atoms with Crippen molar-refractivity contribution in [1.29, 1.82) is 0 Å². The number of fused-ring (bicyclic) bond motifs is 4. The van der Waals surface area contributed by atoms with E-state index >= 15 is 0 Å². The maximum absolute atomic E-state index is 4.88. The minimum atomic E-state index is 0.956. The van der Waals surface area contributed by atoms with E-state index in [0.29, 0.717) is 0 Å². The number of aromatic nitrogens is 2. The fourth-order valence-electron chi connectivity index (χ4n) is 4.96. The molecule has 4 aromatic carbocycles. The summed E-state index contributed by atoms with van der Waals surface area (Å²) in [6.45, 7) is 8.41. The summed E-state index contributed by atoms with van der Waals surface area (Å²) < 4.78 is 0. The second-order valence-electron chi connectivity index (χ2n) is 9.29. The van der Waals surface area contributed by atoms with Gasteiger partial charge in [0.25, 0.3) is 0 Å². The molecular weight excluding hydrogens is 400 g/mol. The predicted molar refractivity (Wildman–Crippen MR) is 138 cm³/mol. The Morgan fingerprint density at radius 1 is 0.545 bits per heavy atom. The lowest BCUT2D eigenvalue weighted by Gasteiger charge is -2.10. The van der Waals surface area contributed by atoms with Gasteiger partial charge < -0.3 is 0 Å². The smallest absolute Gasteiger partial charge is 0.0968 e. The first-order valence-electron chi connectivity index (χ1n) is 11.6. The number of para-hydroxylation sites is 1. The van der Waals surface area contributed by atoms with Gasteiger partial charge in [-0.25, -0.2) is 9.97 Å². The van der Waals surface area contributed by atoms with Gasteiger partial charge in [-0.05, 0) is 90.3 Å². The molecule has 2 nitrogen and oxygen atoms in total. The van der Waals surface area contributed by atoms with Gasteiger partial charge in [0.1, 0.15) is 0 Å². The van der Waals surface area contributed by atoms with Gasteiger partial charge in [-0.2, -0.15) is 0 Å². The van der Waals surface area contributed by atoms with Crippen molar-refractivity contribution in [3.63, 3.8) is 0 Å². The van der Waals surface area contributed by atoms with E-state index in [9.17, 15) is 0 Å². The van der Waals surface area contributed by atoms with Gasteiger partial charge in [-0.15, -0.1) is 0 Å². The molecule has 33 heavy (non-hydrogen) atoms. The highest BCUT2D eigenvalue weighted by Crippen LogP contribution is 2.41. The van der Waals surface area contributed by atoms with Crippen molar-refractivity contribution in [3.05, 3.63) is 106 Å². The topological polar surface area (TPSA) is 25.8 Å². The predicted octanol–water partition coefficient (Wildman–Crippen LogP) is 7.77. The molecule has 0 atom stereocenters. The SMILES string of the molecule is Cc1ccc(-c2ccc3c(c2)Cc2cc(-c4cccc5nc(C)c(C)nc45)ccc2-3)cc1C. The second-order valence-corrected chi connectivity index (χ2v) is 9.29. The van der Waals surface area contributed by atoms with Crippen molar-refractivity contribution in [2.24, 2.45) is 0 Å². The van der Waals surface area contributed by atoms with E-state index in [-0.39, 0.29) is 0 Å². The maximum atomic E-state index is 4.88. The molecule has 1 aliphatic carbocycles. The lowest BCUT2D eigenvalue weighted by molar-refractivity contribution is 1.10. The normalized spacial score (nSPS) is 12.1. The van der Waals surface area contributed by atoms with Crippen LogP contribution in [0.2, 0.25) is 0 Å². The van der Waals surface area contributed by atoms with Crippen LogP contribution in [0.3, 0.4) is 0 Å². The van der Waals surface area contributed by atoms with Gasteiger partial charge in [0.05, 0.1) is 22.4 Å². The standard InChI is InChI=1S/C31H26N2/c1-18-8-9-22(14-19(18)2)23-10-12-27-25(15-23)17-26-16-24(11-13-28(26)27)29-6-5-7-30-31(29)33-21(4)20(3)32-30/h5-16H,17H2,1-4H3. The Morgan fingerprint density at radius 2 is 1.18 bits per heavy atom. The summed E-state index contributed by atoms with van der Waals surface area (Å²) >= 11 is 0. The van der Waals surface area contributed by atoms with Crippen molar-refractivity contribution in [2.45, 2.75) is 34.1 Å². The number of hydrogen-bond acceptors (Lipinski definition) is 2. The minimum Gasteiger partial charge on any atom is -0.250 e. The molecule has 1 aliphatic rings. The first-order chi connectivity index (χ1) is 16.0. The van der Waals surface area contributed by atoms with Crippen molar-refractivity contribution in [2.75, 3.05) is 0 Å². The highest BCUT2D eigenvalue weighted by atomic mass is 14.8. The molecule has 0 radical (unpaired) electrons. The van der Waals surface area contributed by atoms with Gasteiger partial charge in [-0.3, -0.25) is 0 Å². The lowest BCUT2D eigenvalue weighted by atomic mass is 9.96. The number of aryl methyl sites for hydroxylation is 4. The summed E-state index contributed by atoms with van der Waals surface area (Å²) in [5, 5.41) is 0. The van der Waals surface area contributed by atoms with Crippen LogP contribution < -0.4 is 0 Å². The number of hydrogen-bond donors (Lipinski definition) is 0. The summed E-state index contributed by atoms with van der Waals surface area (Å²) in [5.74, 6) is 0. The zero-order valence-corrected chi connectivity index (χ0v) is 19.5. The molecule has 6 rings (SSSR count). The molecule has 2 heteroatoms. The molecule has 0 fully saturated rings. The van der Waals surface area contributed by atoms with Crippen LogP contribution in [0.1, 0.15) is 33.6 Å². The third kappa shape index (κ3) is 3.25. The molecule has 0 amide bonds. The Balaban J connectivity index is 1.41. The fraction of sp³-hybridized carbons (Fsp3) is 0.161. The summed E-state index contributed by atoms with van der Waals surface area (Å²) in [5.41, 5.74) is 17.0. The van der Waals surface area contributed by atoms with Crippen LogP contribution >= 0.6 is 0 Å². The van der Waals surface area contributed by atoms with Gasteiger partial charge in [0.2, 0.25) is 0 Å². The van der Waals surface area contributed by atoms with Crippen LogP contribution in [0, 0.1) is 27.7 Å². The Labute approximate surface area is 195 Å². The molecule has 0 bridgehead atoms. The van der Waals surface area contributed by atoms with Crippen LogP contribution in [0.5, 0.6) is 0 Å². The van der Waals surface area contributed by atoms with Crippen LogP contribution in [-0.4, -0.2) is 9.97 Å². The van der Waals surface area contributed by atoms with E-state index in [1.165, 1.54) is 50.1 Å². The van der Waals surface area contributed by atoms with Crippen LogP contribution in [0.15, 0.2) is 72.8 Å². The quantitative estimate of drug-likeness (QED) is 0.283. The fourth-order valence-corrected chi connectivity index (χ4v) is 4.96. The van der Waals surface area contributed by atoms with Crippen LogP contribution in [0.25, 0.3) is 44.4 Å². The lowest BCUT2D eigenvalue weighted by Crippen LogP contribution is -1.95. The molecule has 1 heterocycles. The molecular formula is C31H26N2. The molecule has 0 saturated heterocycles. The Bertz CT molecular complexity index is 1580. The highest BCUT2D eigenvalue weighted by molar-refractivity contribution is 5.93. The summed E-state index contributed by atoms with van der Waals surface area (Å²) in [7, 11) is 0. The third-order valence-electron chi connectivity index (χ3n) is 7.14. The molecule has 160 valence electrons. The monoisotopic (exact) mass is 426 g/mol. The highest BCUT2D eigenvalue weighted by Gasteiger charge is 2.20. The first kappa shape index (κ1) is 19.9. The van der Waals surface area contributed by atoms with Gasteiger partial charge >= 0.3 is 0 Å². The van der Waals surface area contributed by atoms with E-state index in [1.807, 2.05) is 13.8 Å². The number of benzene rings is 4. The molecule has 0 N–H and O–H groups in total. The second kappa shape index (κ2) is 7.38. The van der Waals surface area contributed by atoms with E-state index in [4.69, 9.17) is 9.97 Å². The zero-order chi connectivity index (χ0) is 22.7. The molecule has 5 aromatic rings. The first-order valence-corrected chi connectivity index (χ1v) is 11.6. The average molecular weight is 427 g/mol. The Kier molecular flexibility index (Phi) is 4.45. The largest absolute Gasteiger partial charge is 0.250 e. The molecule has 0 saturated carbocycles. The van der Waals surface area contributed by atoms with Gasteiger partial charge in [0, 0.05) is 5.56 Å². The molecule has 1 aromatic heterocycles. The van der Waals surface area contributed by atoms with Crippen molar-refractivity contribution in [3.8, 4) is 33.4 Å². The van der Waals surface area contributed by atoms with Crippen molar-refractivity contribution < 1.29 is 0 Å². The molecule has 0 aliphatic heterocycles. The maximum Gasteiger partial charge on any atom is 0.0968 e. The number of rotatable bonds is 2. The molecule has 0 unspecified atom stereocenters. The van der Waals surface area contributed by atoms with Gasteiger partial charge in [0.15, 0.2) is 0 Å². The summed E-state index contributed by atoms with van der Waals surface area (Å²) in [6, 6.07) is 26.8. The van der Waals surface area contributed by atoms with Crippen molar-refractivity contribution in [1.82, 2.24) is 9.97 Å². The summed E-state index contributed by atoms with van der Waals surface area (Å²) in [4.78, 5) is 9.63. The average Bonchev–Trinajstić information content (AvgIpc) is 3.18. The van der Waals surface area contributed by atoms with Gasteiger partial charge in [-0.1, -0.05) is 66.7 Å². The minimum absolute atomic E-state index is 0.956. The Morgan fingerprint density at radius 3 is 1.94 bits per heavy atom. The van der Waals surface area contributed by atoms with E-state index in [1.54, 1.807) is 0 Å². The van der Waals surface area contributed by atoms with Crippen LogP contribution in [0.4, 0.5) is 0 Å². The summed E-state index contributed by atoms with van der Waals surface area (Å²) in [6.07, 6.45) is 0.964. The van der Waals surface area contributed by atoms with Crippen LogP contribution in [-0.2, 0) is 6.42 Å². The van der Waals surface area contributed by atoms with E-state index in [2.05, 4.69) is 86.6 Å². The number of nitrogens with zero attached hydrogens (tertiary/aromatic N) is 2. The van der Waals surface area contributed by atoms with Crippen molar-refractivity contribution >= 4 is 11.0 Å².